The van der Waals surface area contributed by atoms with Gasteiger partial charge in [0, 0.05) is 42.5 Å². The van der Waals surface area contributed by atoms with Crippen LogP contribution in [0.2, 0.25) is 0 Å². The Morgan fingerprint density at radius 2 is 1.88 bits per heavy atom. The van der Waals surface area contributed by atoms with E-state index < -0.39 is 0 Å². The molecule has 2 N–H and O–H groups in total. The highest BCUT2D eigenvalue weighted by molar-refractivity contribution is 5.89. The molecular formula is C16H15N9. The summed E-state index contributed by atoms with van der Waals surface area (Å²) in [5.41, 5.74) is 1.71. The third-order valence-corrected chi connectivity index (χ3v) is 3.70. The van der Waals surface area contributed by atoms with Gasteiger partial charge >= 0.3 is 0 Å². The number of fused-ring (bicyclic) bond motifs is 1. The number of pyridine rings is 2. The molecule has 0 bridgehead atoms. The predicted octanol–water partition coefficient (Wildman–Crippen LogP) is 1.64. The van der Waals surface area contributed by atoms with E-state index >= 15 is 0 Å². The number of aryl methyl sites for hydroxylation is 1. The van der Waals surface area contributed by atoms with E-state index in [1.807, 2.05) is 18.2 Å². The minimum Gasteiger partial charge on any atom is -0.369 e. The van der Waals surface area contributed by atoms with Crippen LogP contribution in [0.5, 0.6) is 0 Å². The maximum absolute atomic E-state index is 4.68. The molecule has 0 fully saturated rings. The average molecular weight is 333 g/mol. The molecule has 0 spiro atoms. The highest BCUT2D eigenvalue weighted by Gasteiger charge is 2.09. The molecule has 9 nitrogen and oxygen atoms in total. The van der Waals surface area contributed by atoms with Gasteiger partial charge in [0.2, 0.25) is 0 Å². The van der Waals surface area contributed by atoms with Gasteiger partial charge in [0.05, 0.1) is 11.7 Å². The summed E-state index contributed by atoms with van der Waals surface area (Å²) in [6.45, 7) is 0.735. The van der Waals surface area contributed by atoms with Gasteiger partial charge in [0.25, 0.3) is 0 Å². The highest BCUT2D eigenvalue weighted by atomic mass is 15.5. The van der Waals surface area contributed by atoms with E-state index in [2.05, 4.69) is 45.9 Å². The Morgan fingerprint density at radius 3 is 2.72 bits per heavy atom. The van der Waals surface area contributed by atoms with E-state index in [-0.39, 0.29) is 0 Å². The summed E-state index contributed by atoms with van der Waals surface area (Å²) >= 11 is 0. The van der Waals surface area contributed by atoms with Crippen LogP contribution < -0.4 is 5.32 Å². The quantitative estimate of drug-likeness (QED) is 0.511. The van der Waals surface area contributed by atoms with Gasteiger partial charge in [0.15, 0.2) is 11.6 Å². The van der Waals surface area contributed by atoms with Crippen molar-refractivity contribution in [3.05, 3.63) is 48.8 Å². The summed E-state index contributed by atoms with van der Waals surface area (Å²) in [6.07, 6.45) is 8.54. The number of aromatic nitrogens is 8. The van der Waals surface area contributed by atoms with Gasteiger partial charge in [-0.25, -0.2) is 9.97 Å². The van der Waals surface area contributed by atoms with E-state index in [1.54, 1.807) is 24.8 Å². The predicted molar refractivity (Wildman–Crippen MR) is 91.6 cm³/mol. The van der Waals surface area contributed by atoms with Crippen molar-refractivity contribution in [3.63, 3.8) is 0 Å². The molecular weight excluding hydrogens is 318 g/mol. The van der Waals surface area contributed by atoms with Crippen LogP contribution in [-0.4, -0.2) is 47.1 Å². The first kappa shape index (κ1) is 15.1. The van der Waals surface area contributed by atoms with Crippen LogP contribution in [-0.2, 0) is 6.42 Å². The number of nitrogens with one attached hydrogen (secondary N) is 2. The van der Waals surface area contributed by atoms with Crippen LogP contribution in [0.4, 0.5) is 5.82 Å². The fraction of sp³-hybridized carbons (Fsp3) is 0.188. The van der Waals surface area contributed by atoms with Gasteiger partial charge in [-0.2, -0.15) is 5.21 Å². The maximum atomic E-state index is 4.68. The van der Waals surface area contributed by atoms with E-state index in [9.17, 15) is 0 Å². The van der Waals surface area contributed by atoms with Gasteiger partial charge < -0.3 is 5.32 Å². The van der Waals surface area contributed by atoms with E-state index in [4.69, 9.17) is 0 Å². The second kappa shape index (κ2) is 6.95. The molecule has 4 aromatic heterocycles. The zero-order valence-corrected chi connectivity index (χ0v) is 13.3. The van der Waals surface area contributed by atoms with E-state index in [0.29, 0.717) is 11.6 Å². The lowest BCUT2D eigenvalue weighted by Gasteiger charge is -2.10. The fourth-order valence-corrected chi connectivity index (χ4v) is 2.49. The number of anilines is 1. The number of aromatic amines is 1. The van der Waals surface area contributed by atoms with Crippen LogP contribution in [0.3, 0.4) is 0 Å². The van der Waals surface area contributed by atoms with Crippen molar-refractivity contribution >= 4 is 16.7 Å². The number of hydrogen-bond donors (Lipinski definition) is 2. The lowest BCUT2D eigenvalue weighted by Crippen LogP contribution is -2.07. The van der Waals surface area contributed by atoms with Crippen molar-refractivity contribution < 1.29 is 0 Å². The summed E-state index contributed by atoms with van der Waals surface area (Å²) in [7, 11) is 0. The molecule has 0 aliphatic rings. The van der Waals surface area contributed by atoms with Crippen LogP contribution in [0, 0.1) is 0 Å². The second-order valence-electron chi connectivity index (χ2n) is 5.38. The Hall–Kier alpha value is -3.49. The third kappa shape index (κ3) is 3.39. The van der Waals surface area contributed by atoms with Crippen molar-refractivity contribution in [2.24, 2.45) is 0 Å². The van der Waals surface area contributed by atoms with Gasteiger partial charge in [0.1, 0.15) is 5.82 Å². The van der Waals surface area contributed by atoms with Crippen molar-refractivity contribution in [1.29, 1.82) is 0 Å². The Labute approximate surface area is 143 Å². The van der Waals surface area contributed by atoms with Gasteiger partial charge in [-0.1, -0.05) is 5.21 Å². The minimum atomic E-state index is 0.642. The van der Waals surface area contributed by atoms with Crippen LogP contribution >= 0.6 is 0 Å². The molecule has 0 aliphatic carbocycles. The number of nitrogens with zero attached hydrogens (tertiary/aromatic N) is 7. The summed E-state index contributed by atoms with van der Waals surface area (Å²) in [5, 5.41) is 18.2. The number of tetrazole rings is 1. The first-order valence-corrected chi connectivity index (χ1v) is 7.88. The molecule has 9 heteroatoms. The van der Waals surface area contributed by atoms with Crippen molar-refractivity contribution in [1.82, 2.24) is 40.6 Å². The first-order chi connectivity index (χ1) is 12.4. The van der Waals surface area contributed by atoms with Gasteiger partial charge in [-0.15, -0.1) is 10.2 Å². The Bertz CT molecular complexity index is 954. The van der Waals surface area contributed by atoms with Crippen LogP contribution in [0.1, 0.15) is 12.2 Å². The number of H-pyrrole nitrogens is 1. The molecule has 0 atom stereocenters. The summed E-state index contributed by atoms with van der Waals surface area (Å²) in [4.78, 5) is 17.5. The molecule has 0 unspecified atom stereocenters. The number of hydrogen-bond acceptors (Lipinski definition) is 8. The first-order valence-electron chi connectivity index (χ1n) is 7.88. The standard InChI is InChI=1S/C16H15N9/c1(2-14-22-24-25-23-14)6-19-16-12-5-9-18-10-13(12)20-15(21-16)11-3-7-17-8-4-11/h3-5,7-10H,1-2,6H2,(H,19,20,21)(H,22,23,24,25). The topological polar surface area (TPSA) is 118 Å². The third-order valence-electron chi connectivity index (χ3n) is 3.70. The van der Waals surface area contributed by atoms with Crippen molar-refractivity contribution in [3.8, 4) is 11.4 Å². The molecule has 0 radical (unpaired) electrons. The van der Waals surface area contributed by atoms with Gasteiger partial charge in [-0.3, -0.25) is 9.97 Å². The zero-order valence-electron chi connectivity index (χ0n) is 13.3. The molecule has 4 rings (SSSR count). The van der Waals surface area contributed by atoms with E-state index in [1.165, 1.54) is 0 Å². The molecule has 0 aromatic carbocycles. The zero-order chi connectivity index (χ0) is 16.9. The molecule has 124 valence electrons. The molecule has 4 heterocycles. The SMILES string of the molecule is c1cc(-c2nc(NCCCc3nn[nH]n3)c3ccncc3n2)ccn1. The lowest BCUT2D eigenvalue weighted by molar-refractivity contribution is 0.802. The molecule has 4 aromatic rings. The summed E-state index contributed by atoms with van der Waals surface area (Å²) in [6, 6.07) is 5.68. The summed E-state index contributed by atoms with van der Waals surface area (Å²) in [5.74, 6) is 2.13. The second-order valence-corrected chi connectivity index (χ2v) is 5.38. The highest BCUT2D eigenvalue weighted by Crippen LogP contribution is 2.23. The smallest absolute Gasteiger partial charge is 0.174 e. The lowest BCUT2D eigenvalue weighted by atomic mass is 10.2. The number of rotatable bonds is 6. The average Bonchev–Trinajstić information content (AvgIpc) is 3.19. The largest absolute Gasteiger partial charge is 0.369 e. The normalized spacial score (nSPS) is 10.9. The van der Waals surface area contributed by atoms with Crippen LogP contribution in [0.25, 0.3) is 22.3 Å². The minimum absolute atomic E-state index is 0.642. The molecule has 0 saturated carbocycles. The summed E-state index contributed by atoms with van der Waals surface area (Å²) < 4.78 is 0. The molecule has 0 amide bonds. The van der Waals surface area contributed by atoms with Crippen LogP contribution in [0.15, 0.2) is 43.0 Å². The Kier molecular flexibility index (Phi) is 4.19. The van der Waals surface area contributed by atoms with Crippen molar-refractivity contribution in [2.45, 2.75) is 12.8 Å². The maximum Gasteiger partial charge on any atom is 0.174 e. The molecule has 0 aliphatic heterocycles. The molecule has 0 saturated heterocycles. The van der Waals surface area contributed by atoms with E-state index in [0.717, 1.165) is 41.7 Å². The molecule has 25 heavy (non-hydrogen) atoms. The Morgan fingerprint density at radius 1 is 1.00 bits per heavy atom. The monoisotopic (exact) mass is 333 g/mol. The fourth-order valence-electron chi connectivity index (χ4n) is 2.49. The Balaban J connectivity index is 1.58. The van der Waals surface area contributed by atoms with Gasteiger partial charge in [-0.05, 0) is 24.6 Å². The van der Waals surface area contributed by atoms with Crippen molar-refractivity contribution in [2.75, 3.05) is 11.9 Å².